The van der Waals surface area contributed by atoms with Gasteiger partial charge in [-0.25, -0.2) is 4.79 Å². The van der Waals surface area contributed by atoms with E-state index in [1.54, 1.807) is 25.5 Å². The van der Waals surface area contributed by atoms with Crippen LogP contribution in [0.4, 0.5) is 5.69 Å². The average Bonchev–Trinajstić information content (AvgIpc) is 2.94. The summed E-state index contributed by atoms with van der Waals surface area (Å²) in [7, 11) is 1.68. The third kappa shape index (κ3) is 4.19. The molecule has 0 saturated heterocycles. The van der Waals surface area contributed by atoms with Crippen LogP contribution in [0.5, 0.6) is 5.75 Å². The number of methoxy groups -OCH3 is 1. The van der Waals surface area contributed by atoms with E-state index in [0.717, 1.165) is 61.7 Å². The molecular weight excluding hydrogens is 438 g/mol. The van der Waals surface area contributed by atoms with Gasteiger partial charge in [-0.15, -0.1) is 0 Å². The Morgan fingerprint density at radius 3 is 2.94 bits per heavy atom. The van der Waals surface area contributed by atoms with Gasteiger partial charge >= 0.3 is 5.97 Å². The maximum absolute atomic E-state index is 11.7. The molecule has 0 amide bonds. The minimum Gasteiger partial charge on any atom is -0.505 e. The van der Waals surface area contributed by atoms with Crippen LogP contribution in [0.25, 0.3) is 0 Å². The fraction of sp³-hybridized carbons (Fsp3) is 0.444. The standard InChI is InChI=1S/C27H30ClNO4/c1-32-12-10-18-4-5-21(18)15-29-16-27(11-2-3-19-13-22(28)7-8-23(19)27)17-33-25-9-6-20(26(30)31)14-24(25)29/h6-10,12-14,18,21H,2-5,11,15-17H2,1H3,(H,30,31)/b12-10-/t18-,21-,27?/m0/s1. The molecule has 5 rings (SSSR count). The maximum Gasteiger partial charge on any atom is 0.335 e. The van der Waals surface area contributed by atoms with Crippen molar-refractivity contribution in [3.8, 4) is 5.75 Å². The van der Waals surface area contributed by atoms with Crippen molar-refractivity contribution in [2.24, 2.45) is 11.8 Å². The number of rotatable bonds is 5. The first-order chi connectivity index (χ1) is 16.0. The summed E-state index contributed by atoms with van der Waals surface area (Å²) in [5.41, 5.74) is 3.65. The third-order valence-corrected chi connectivity index (χ3v) is 7.91. The molecule has 3 aliphatic rings. The molecule has 1 saturated carbocycles. The summed E-state index contributed by atoms with van der Waals surface area (Å²) in [5, 5.41) is 10.4. The number of anilines is 1. The molecule has 33 heavy (non-hydrogen) atoms. The van der Waals surface area contributed by atoms with Gasteiger partial charge in [-0.3, -0.25) is 0 Å². The van der Waals surface area contributed by atoms with Crippen LogP contribution in [0.1, 0.15) is 47.2 Å². The van der Waals surface area contributed by atoms with Crippen molar-refractivity contribution >= 4 is 23.3 Å². The van der Waals surface area contributed by atoms with Crippen LogP contribution < -0.4 is 9.64 Å². The van der Waals surface area contributed by atoms with Crippen molar-refractivity contribution in [1.29, 1.82) is 0 Å². The second-order valence-corrected chi connectivity index (χ2v) is 10.1. The maximum atomic E-state index is 11.7. The van der Waals surface area contributed by atoms with Crippen molar-refractivity contribution in [3.63, 3.8) is 0 Å². The van der Waals surface area contributed by atoms with Crippen molar-refractivity contribution in [1.82, 2.24) is 0 Å². The van der Waals surface area contributed by atoms with Crippen LogP contribution in [-0.2, 0) is 16.6 Å². The van der Waals surface area contributed by atoms with Crippen LogP contribution in [-0.4, -0.2) is 37.9 Å². The lowest BCUT2D eigenvalue weighted by Crippen LogP contribution is -2.48. The molecule has 2 aromatic rings. The lowest BCUT2D eigenvalue weighted by molar-refractivity contribution is 0.0697. The van der Waals surface area contributed by atoms with Crippen LogP contribution in [0.15, 0.2) is 48.7 Å². The first-order valence-electron chi connectivity index (χ1n) is 11.7. The lowest BCUT2D eigenvalue weighted by Gasteiger charge is -2.44. The van der Waals surface area contributed by atoms with Gasteiger partial charge in [0.25, 0.3) is 0 Å². The highest BCUT2D eigenvalue weighted by atomic mass is 35.5. The summed E-state index contributed by atoms with van der Waals surface area (Å²) in [6.45, 7) is 2.24. The molecule has 3 atom stereocenters. The monoisotopic (exact) mass is 467 g/mol. The summed E-state index contributed by atoms with van der Waals surface area (Å²) in [4.78, 5) is 14.1. The largest absolute Gasteiger partial charge is 0.505 e. The van der Waals surface area contributed by atoms with E-state index in [-0.39, 0.29) is 5.41 Å². The molecule has 2 aliphatic carbocycles. The summed E-state index contributed by atoms with van der Waals surface area (Å²) < 4.78 is 11.6. The van der Waals surface area contributed by atoms with Gasteiger partial charge in [0.15, 0.2) is 0 Å². The third-order valence-electron chi connectivity index (χ3n) is 7.68. The number of fused-ring (bicyclic) bond motifs is 3. The van der Waals surface area contributed by atoms with Crippen LogP contribution >= 0.6 is 11.6 Å². The van der Waals surface area contributed by atoms with Gasteiger partial charge in [0.1, 0.15) is 5.75 Å². The Morgan fingerprint density at radius 1 is 1.30 bits per heavy atom. The first kappa shape index (κ1) is 22.1. The van der Waals surface area contributed by atoms with Crippen molar-refractivity contribution in [3.05, 3.63) is 70.4 Å². The van der Waals surface area contributed by atoms with E-state index < -0.39 is 5.97 Å². The number of halogens is 1. The van der Waals surface area contributed by atoms with Gasteiger partial charge < -0.3 is 19.5 Å². The zero-order valence-electron chi connectivity index (χ0n) is 18.9. The highest BCUT2D eigenvalue weighted by Crippen LogP contribution is 2.46. The Kier molecular flexibility index (Phi) is 6.00. The molecule has 1 heterocycles. The number of carboxylic acid groups (broad SMARTS) is 1. The zero-order valence-corrected chi connectivity index (χ0v) is 19.7. The van der Waals surface area contributed by atoms with Gasteiger partial charge in [-0.1, -0.05) is 17.7 Å². The number of nitrogens with zero attached hydrogens (tertiary/aromatic N) is 1. The van der Waals surface area contributed by atoms with Gasteiger partial charge in [0.2, 0.25) is 0 Å². The first-order valence-corrected chi connectivity index (χ1v) is 12.1. The summed E-state index contributed by atoms with van der Waals surface area (Å²) in [6, 6.07) is 11.5. The predicted molar refractivity (Wildman–Crippen MR) is 130 cm³/mol. The number of ether oxygens (including phenoxy) is 2. The molecule has 0 aromatic heterocycles. The molecule has 2 aromatic carbocycles. The smallest absolute Gasteiger partial charge is 0.335 e. The zero-order chi connectivity index (χ0) is 23.0. The number of aryl methyl sites for hydroxylation is 1. The quantitative estimate of drug-likeness (QED) is 0.572. The minimum absolute atomic E-state index is 0.151. The second kappa shape index (κ2) is 8.94. The highest BCUT2D eigenvalue weighted by Gasteiger charge is 2.43. The number of allylic oxidation sites excluding steroid dienone is 1. The second-order valence-electron chi connectivity index (χ2n) is 9.66. The number of hydrogen-bond acceptors (Lipinski definition) is 4. The van der Waals surface area contributed by atoms with Crippen molar-refractivity contribution in [2.45, 2.75) is 37.5 Å². The summed E-state index contributed by atoms with van der Waals surface area (Å²) >= 11 is 6.32. The van der Waals surface area contributed by atoms with E-state index >= 15 is 0 Å². The van der Waals surface area contributed by atoms with Crippen LogP contribution in [0, 0.1) is 11.8 Å². The molecule has 5 nitrogen and oxygen atoms in total. The molecule has 0 bridgehead atoms. The normalized spacial score (nSPS) is 26.2. The van der Waals surface area contributed by atoms with Gasteiger partial charge in [-0.05, 0) is 91.5 Å². The average molecular weight is 468 g/mol. The van der Waals surface area contributed by atoms with E-state index in [0.29, 0.717) is 24.0 Å². The molecule has 174 valence electrons. The number of carbonyl (C=O) groups is 1. The summed E-state index contributed by atoms with van der Waals surface area (Å²) in [5.74, 6) is 0.829. The summed E-state index contributed by atoms with van der Waals surface area (Å²) in [6.07, 6.45) is 9.40. The molecule has 1 fully saturated rings. The molecule has 6 heteroatoms. The fourth-order valence-corrected chi connectivity index (χ4v) is 5.98. The van der Waals surface area contributed by atoms with Crippen LogP contribution in [0.2, 0.25) is 5.02 Å². The number of hydrogen-bond donors (Lipinski definition) is 1. The Morgan fingerprint density at radius 2 is 2.18 bits per heavy atom. The predicted octanol–water partition coefficient (Wildman–Crippen LogP) is 5.70. The topological polar surface area (TPSA) is 59.0 Å². The van der Waals surface area contributed by atoms with Gasteiger partial charge in [0, 0.05) is 23.5 Å². The molecule has 1 N–H and O–H groups in total. The van der Waals surface area contributed by atoms with Crippen LogP contribution in [0.3, 0.4) is 0 Å². The van der Waals surface area contributed by atoms with Crippen molar-refractivity contribution in [2.75, 3.05) is 31.7 Å². The van der Waals surface area contributed by atoms with E-state index in [1.807, 2.05) is 12.1 Å². The Balaban J connectivity index is 1.53. The molecule has 0 radical (unpaired) electrons. The Hall–Kier alpha value is -2.66. The van der Waals surface area contributed by atoms with E-state index in [4.69, 9.17) is 21.1 Å². The highest BCUT2D eigenvalue weighted by molar-refractivity contribution is 6.30. The Labute approximate surface area is 200 Å². The minimum atomic E-state index is -0.918. The van der Waals surface area contributed by atoms with E-state index in [2.05, 4.69) is 23.1 Å². The molecule has 1 unspecified atom stereocenters. The van der Waals surface area contributed by atoms with Gasteiger partial charge in [0.05, 0.1) is 31.2 Å². The van der Waals surface area contributed by atoms with Gasteiger partial charge in [-0.2, -0.15) is 0 Å². The van der Waals surface area contributed by atoms with E-state index in [1.165, 1.54) is 11.1 Å². The number of carboxylic acids is 1. The lowest BCUT2D eigenvalue weighted by atomic mass is 9.69. The molecular formula is C27H30ClNO4. The van der Waals surface area contributed by atoms with Crippen molar-refractivity contribution < 1.29 is 19.4 Å². The van der Waals surface area contributed by atoms with E-state index in [9.17, 15) is 9.90 Å². The Bertz CT molecular complexity index is 1080. The number of benzene rings is 2. The number of aromatic carboxylic acids is 1. The molecule has 1 aliphatic heterocycles. The SMILES string of the molecule is CO/C=C\[C@@H]1CC[C@H]1CN1CC2(CCCc3cc(Cl)ccc32)COc2ccc(C(=O)O)cc21. The fourth-order valence-electron chi connectivity index (χ4n) is 5.78. The molecule has 1 spiro atoms.